The second kappa shape index (κ2) is 10.4. The molecule has 8 nitrogen and oxygen atoms in total. The van der Waals surface area contributed by atoms with Crippen LogP contribution in [0.4, 0.5) is 5.69 Å². The van der Waals surface area contributed by atoms with Crippen molar-refractivity contribution in [3.8, 4) is 0 Å². The third-order valence-electron chi connectivity index (χ3n) is 5.50. The number of piperidine rings is 1. The zero-order valence-corrected chi connectivity index (χ0v) is 19.1. The van der Waals surface area contributed by atoms with Crippen molar-refractivity contribution in [1.29, 1.82) is 0 Å². The predicted octanol–water partition coefficient (Wildman–Crippen LogP) is 3.27. The molecule has 1 aliphatic rings. The topological polar surface area (TPSA) is 104 Å². The van der Waals surface area contributed by atoms with Gasteiger partial charge in [0.1, 0.15) is 0 Å². The van der Waals surface area contributed by atoms with Gasteiger partial charge >= 0.3 is 0 Å². The molecule has 3 amide bonds. The number of benzene rings is 2. The van der Waals surface area contributed by atoms with Gasteiger partial charge < -0.3 is 15.5 Å². The quantitative estimate of drug-likeness (QED) is 0.584. The molecule has 1 aromatic heterocycles. The predicted molar refractivity (Wildman–Crippen MR) is 126 cm³/mol. The summed E-state index contributed by atoms with van der Waals surface area (Å²) >= 11 is 0.954. The number of hydrogen-bond acceptors (Lipinski definition) is 6. The number of carbonyl (C=O) groups is 3. The van der Waals surface area contributed by atoms with Crippen LogP contribution >= 0.6 is 11.3 Å². The van der Waals surface area contributed by atoms with Gasteiger partial charge in [-0.05, 0) is 37.5 Å². The smallest absolute Gasteiger partial charge is 0.286 e. The molecule has 1 aliphatic heterocycles. The van der Waals surface area contributed by atoms with Crippen LogP contribution in [0, 0.1) is 12.8 Å². The summed E-state index contributed by atoms with van der Waals surface area (Å²) in [5.41, 5.74) is 2.85. The molecule has 0 aliphatic carbocycles. The van der Waals surface area contributed by atoms with Crippen LogP contribution in [0.2, 0.25) is 0 Å². The summed E-state index contributed by atoms with van der Waals surface area (Å²) in [6.07, 6.45) is 1.46. The molecule has 2 N–H and O–H groups in total. The number of hydrogen-bond donors (Lipinski definition) is 2. The molecule has 2 aromatic carbocycles. The average Bonchev–Trinajstić information content (AvgIpc) is 3.34. The Kier molecular flexibility index (Phi) is 7.09. The first-order chi connectivity index (χ1) is 16.0. The highest BCUT2D eigenvalue weighted by atomic mass is 32.1. The van der Waals surface area contributed by atoms with Crippen LogP contribution in [0.5, 0.6) is 0 Å². The monoisotopic (exact) mass is 463 g/mol. The molecule has 0 saturated carbocycles. The van der Waals surface area contributed by atoms with E-state index in [1.54, 1.807) is 17.0 Å². The molecule has 4 rings (SSSR count). The van der Waals surface area contributed by atoms with Crippen molar-refractivity contribution in [2.45, 2.75) is 26.3 Å². The highest BCUT2D eigenvalue weighted by Crippen LogP contribution is 2.21. The second-order valence-corrected chi connectivity index (χ2v) is 9.00. The van der Waals surface area contributed by atoms with Gasteiger partial charge in [0.15, 0.2) is 0 Å². The van der Waals surface area contributed by atoms with E-state index in [1.807, 2.05) is 49.4 Å². The minimum atomic E-state index is -0.412. The number of amides is 3. The molecule has 9 heteroatoms. The van der Waals surface area contributed by atoms with Crippen molar-refractivity contribution in [3.63, 3.8) is 0 Å². The normalized spacial score (nSPS) is 15.7. The summed E-state index contributed by atoms with van der Waals surface area (Å²) in [5, 5.41) is 13.8. The molecule has 1 atom stereocenters. The van der Waals surface area contributed by atoms with Gasteiger partial charge in [0.2, 0.25) is 15.9 Å². The van der Waals surface area contributed by atoms with E-state index in [9.17, 15) is 14.4 Å². The van der Waals surface area contributed by atoms with Gasteiger partial charge in [0.25, 0.3) is 11.8 Å². The molecule has 0 radical (unpaired) electrons. The number of rotatable bonds is 6. The van der Waals surface area contributed by atoms with Crippen molar-refractivity contribution in [2.75, 3.05) is 18.4 Å². The summed E-state index contributed by atoms with van der Waals surface area (Å²) < 4.78 is 0. The van der Waals surface area contributed by atoms with Crippen molar-refractivity contribution in [2.24, 2.45) is 5.92 Å². The minimum Gasteiger partial charge on any atom is -0.352 e. The maximum absolute atomic E-state index is 12.9. The van der Waals surface area contributed by atoms with Gasteiger partial charge in [0, 0.05) is 25.3 Å². The van der Waals surface area contributed by atoms with Crippen molar-refractivity contribution in [1.82, 2.24) is 20.4 Å². The highest BCUT2D eigenvalue weighted by molar-refractivity contribution is 7.15. The summed E-state index contributed by atoms with van der Waals surface area (Å²) in [7, 11) is 0. The number of para-hydroxylation sites is 1. The minimum absolute atomic E-state index is 0.0618. The fourth-order valence-electron chi connectivity index (χ4n) is 3.66. The van der Waals surface area contributed by atoms with Crippen LogP contribution in [-0.4, -0.2) is 45.9 Å². The van der Waals surface area contributed by atoms with Gasteiger partial charge in [-0.3, -0.25) is 14.4 Å². The molecule has 1 fully saturated rings. The number of anilines is 1. The van der Waals surface area contributed by atoms with Crippen LogP contribution in [0.1, 0.15) is 43.6 Å². The van der Waals surface area contributed by atoms with Crippen molar-refractivity contribution < 1.29 is 14.4 Å². The molecule has 0 unspecified atom stereocenters. The van der Waals surface area contributed by atoms with E-state index >= 15 is 0 Å². The zero-order chi connectivity index (χ0) is 23.2. The third kappa shape index (κ3) is 5.81. The molecule has 2 heterocycles. The standard InChI is InChI=1S/C24H25N5O3S/c1-16-9-11-17(12-10-16)14-25-20(30)18-6-5-13-29(15-18)24(32)23-28-27-22(33-23)21(31)26-19-7-3-2-4-8-19/h2-4,7-12,18H,5-6,13-15H2,1H3,(H,25,30)(H,26,31)/t18-/m0/s1. The van der Waals surface area contributed by atoms with Gasteiger partial charge in [-0.1, -0.05) is 59.4 Å². The Bertz CT molecular complexity index is 1130. The van der Waals surface area contributed by atoms with Gasteiger partial charge in [-0.2, -0.15) is 0 Å². The molecular weight excluding hydrogens is 438 g/mol. The molecular formula is C24H25N5O3S. The second-order valence-electron chi connectivity index (χ2n) is 8.03. The van der Waals surface area contributed by atoms with Crippen LogP contribution in [0.25, 0.3) is 0 Å². The van der Waals surface area contributed by atoms with E-state index < -0.39 is 5.91 Å². The molecule has 170 valence electrons. The first-order valence-electron chi connectivity index (χ1n) is 10.8. The first kappa shape index (κ1) is 22.6. The molecule has 1 saturated heterocycles. The summed E-state index contributed by atoms with van der Waals surface area (Å²) in [6.45, 7) is 3.35. The number of aryl methyl sites for hydroxylation is 1. The highest BCUT2D eigenvalue weighted by Gasteiger charge is 2.30. The van der Waals surface area contributed by atoms with Gasteiger partial charge in [0.05, 0.1) is 5.92 Å². The number of nitrogens with one attached hydrogen (secondary N) is 2. The zero-order valence-electron chi connectivity index (χ0n) is 18.3. The van der Waals surface area contributed by atoms with Crippen LogP contribution in [0.15, 0.2) is 54.6 Å². The molecule has 0 bridgehead atoms. The Labute approximate surface area is 196 Å². The lowest BCUT2D eigenvalue weighted by molar-refractivity contribution is -0.126. The maximum atomic E-state index is 12.9. The number of nitrogens with zero attached hydrogens (tertiary/aromatic N) is 3. The average molecular weight is 464 g/mol. The Hall–Kier alpha value is -3.59. The fraction of sp³-hybridized carbons (Fsp3) is 0.292. The largest absolute Gasteiger partial charge is 0.352 e. The Morgan fingerprint density at radius 3 is 2.52 bits per heavy atom. The van der Waals surface area contributed by atoms with E-state index in [1.165, 1.54) is 5.56 Å². The fourth-order valence-corrected chi connectivity index (χ4v) is 4.36. The Morgan fingerprint density at radius 1 is 1.03 bits per heavy atom. The molecule has 3 aromatic rings. The summed E-state index contributed by atoms with van der Waals surface area (Å²) in [6, 6.07) is 17.0. The van der Waals surface area contributed by atoms with Crippen LogP contribution < -0.4 is 10.6 Å². The Balaban J connectivity index is 1.33. The van der Waals surface area contributed by atoms with Crippen molar-refractivity contribution >= 4 is 34.7 Å². The van der Waals surface area contributed by atoms with Crippen LogP contribution in [0.3, 0.4) is 0 Å². The van der Waals surface area contributed by atoms with Crippen molar-refractivity contribution in [3.05, 3.63) is 75.7 Å². The van der Waals surface area contributed by atoms with Gasteiger partial charge in [-0.15, -0.1) is 10.2 Å². The van der Waals surface area contributed by atoms with E-state index in [0.29, 0.717) is 25.3 Å². The number of aromatic nitrogens is 2. The Morgan fingerprint density at radius 2 is 1.76 bits per heavy atom. The summed E-state index contributed by atoms with van der Waals surface area (Å²) in [5.74, 6) is -1.05. The van der Waals surface area contributed by atoms with E-state index in [4.69, 9.17) is 0 Å². The van der Waals surface area contributed by atoms with E-state index in [-0.39, 0.29) is 27.7 Å². The van der Waals surface area contributed by atoms with Gasteiger partial charge in [-0.25, -0.2) is 0 Å². The lowest BCUT2D eigenvalue weighted by Gasteiger charge is -2.31. The molecule has 33 heavy (non-hydrogen) atoms. The molecule has 0 spiro atoms. The number of carbonyl (C=O) groups excluding carboxylic acids is 3. The SMILES string of the molecule is Cc1ccc(CNC(=O)[C@H]2CCCN(C(=O)c3nnc(C(=O)Nc4ccccc4)s3)C2)cc1. The lowest BCUT2D eigenvalue weighted by Crippen LogP contribution is -2.45. The van der Waals surface area contributed by atoms with E-state index in [2.05, 4.69) is 20.8 Å². The maximum Gasteiger partial charge on any atom is 0.286 e. The number of likely N-dealkylation sites (tertiary alicyclic amines) is 1. The first-order valence-corrected chi connectivity index (χ1v) is 11.6. The lowest BCUT2D eigenvalue weighted by atomic mass is 9.97. The van der Waals surface area contributed by atoms with E-state index in [0.717, 1.165) is 29.7 Å². The third-order valence-corrected chi connectivity index (χ3v) is 6.41. The van der Waals surface area contributed by atoms with Crippen LogP contribution in [-0.2, 0) is 11.3 Å². The summed E-state index contributed by atoms with van der Waals surface area (Å²) in [4.78, 5) is 39.6.